The Morgan fingerprint density at radius 3 is 2.59 bits per heavy atom. The Labute approximate surface area is 107 Å². The fourth-order valence-electron chi connectivity index (χ4n) is 2.19. The predicted octanol–water partition coefficient (Wildman–Crippen LogP) is 3.29. The monoisotopic (exact) mass is 256 g/mol. The molecule has 1 heterocycles. The molecule has 1 aliphatic rings. The van der Waals surface area contributed by atoms with E-state index >= 15 is 0 Å². The summed E-state index contributed by atoms with van der Waals surface area (Å²) >= 11 is 6.07. The van der Waals surface area contributed by atoms with Crippen molar-refractivity contribution in [2.45, 2.75) is 25.8 Å². The molecule has 0 spiro atoms. The number of hydrogen-bond donors (Lipinski definition) is 1. The lowest BCUT2D eigenvalue weighted by atomic mass is 10.0. The van der Waals surface area contributed by atoms with E-state index in [1.165, 1.54) is 6.07 Å². The molecule has 2 rings (SSSR count). The normalized spacial score (nSPS) is 18.4. The van der Waals surface area contributed by atoms with Crippen molar-refractivity contribution in [1.82, 2.24) is 4.90 Å². The summed E-state index contributed by atoms with van der Waals surface area (Å²) in [4.78, 5) is 2.28. The van der Waals surface area contributed by atoms with Crippen LogP contribution in [-0.2, 0) is 0 Å². The molecular weight excluding hydrogens is 239 g/mol. The maximum atomic E-state index is 13.8. The number of piperidine rings is 1. The summed E-state index contributed by atoms with van der Waals surface area (Å²) in [6, 6.07) is 3.63. The highest BCUT2D eigenvalue weighted by Crippen LogP contribution is 2.28. The SMILES string of the molecule is Cc1cc(F)c(NC2CCN(C)CC2)c(Cl)c1. The smallest absolute Gasteiger partial charge is 0.148 e. The van der Waals surface area contributed by atoms with Crippen molar-refractivity contribution < 1.29 is 4.39 Å². The minimum atomic E-state index is -0.256. The minimum absolute atomic E-state index is 0.256. The second-order valence-electron chi connectivity index (χ2n) is 4.83. The number of anilines is 1. The van der Waals surface area contributed by atoms with Crippen LogP contribution in [0.3, 0.4) is 0 Å². The molecule has 1 saturated heterocycles. The maximum absolute atomic E-state index is 13.8. The lowest BCUT2D eigenvalue weighted by Gasteiger charge is -2.30. The number of rotatable bonds is 2. The Hall–Kier alpha value is -0.800. The van der Waals surface area contributed by atoms with Gasteiger partial charge in [-0.25, -0.2) is 4.39 Å². The Morgan fingerprint density at radius 1 is 1.35 bits per heavy atom. The van der Waals surface area contributed by atoms with Gasteiger partial charge in [0.25, 0.3) is 0 Å². The van der Waals surface area contributed by atoms with E-state index in [0.29, 0.717) is 16.8 Å². The molecule has 0 atom stereocenters. The van der Waals surface area contributed by atoms with E-state index in [1.807, 2.05) is 6.92 Å². The summed E-state index contributed by atoms with van der Waals surface area (Å²) in [7, 11) is 2.11. The third kappa shape index (κ3) is 3.11. The summed E-state index contributed by atoms with van der Waals surface area (Å²) < 4.78 is 13.8. The van der Waals surface area contributed by atoms with Gasteiger partial charge in [-0.3, -0.25) is 0 Å². The van der Waals surface area contributed by atoms with Gasteiger partial charge in [-0.2, -0.15) is 0 Å². The van der Waals surface area contributed by atoms with E-state index in [0.717, 1.165) is 31.5 Å². The van der Waals surface area contributed by atoms with Gasteiger partial charge in [-0.15, -0.1) is 0 Å². The highest BCUT2D eigenvalue weighted by molar-refractivity contribution is 6.33. The average Bonchev–Trinajstić information content (AvgIpc) is 2.26. The van der Waals surface area contributed by atoms with Crippen molar-refractivity contribution in [3.8, 4) is 0 Å². The zero-order valence-electron chi connectivity index (χ0n) is 10.3. The molecule has 0 saturated carbocycles. The van der Waals surface area contributed by atoms with Crippen LogP contribution in [0.1, 0.15) is 18.4 Å². The van der Waals surface area contributed by atoms with Crippen LogP contribution in [0, 0.1) is 12.7 Å². The lowest BCUT2D eigenvalue weighted by Crippen LogP contribution is -2.36. The van der Waals surface area contributed by atoms with Gasteiger partial charge in [0.1, 0.15) is 5.82 Å². The fraction of sp³-hybridized carbons (Fsp3) is 0.538. The van der Waals surface area contributed by atoms with Crippen molar-refractivity contribution in [3.63, 3.8) is 0 Å². The van der Waals surface area contributed by atoms with Crippen LogP contribution in [0.25, 0.3) is 0 Å². The van der Waals surface area contributed by atoms with Gasteiger partial charge in [0, 0.05) is 6.04 Å². The van der Waals surface area contributed by atoms with Crippen LogP contribution in [-0.4, -0.2) is 31.1 Å². The molecular formula is C13H18ClFN2. The van der Waals surface area contributed by atoms with Gasteiger partial charge in [0.15, 0.2) is 0 Å². The van der Waals surface area contributed by atoms with Crippen molar-refractivity contribution in [1.29, 1.82) is 0 Å². The zero-order chi connectivity index (χ0) is 12.4. The molecule has 1 aliphatic heterocycles. The molecule has 0 amide bonds. The third-order valence-electron chi connectivity index (χ3n) is 3.25. The number of nitrogens with one attached hydrogen (secondary N) is 1. The molecule has 1 fully saturated rings. The Morgan fingerprint density at radius 2 is 2.00 bits per heavy atom. The topological polar surface area (TPSA) is 15.3 Å². The molecule has 0 radical (unpaired) electrons. The van der Waals surface area contributed by atoms with Crippen LogP contribution in [0.15, 0.2) is 12.1 Å². The quantitative estimate of drug-likeness (QED) is 0.874. The van der Waals surface area contributed by atoms with Crippen LogP contribution in [0.2, 0.25) is 5.02 Å². The molecule has 94 valence electrons. The van der Waals surface area contributed by atoms with Gasteiger partial charge in [0.2, 0.25) is 0 Å². The first-order valence-electron chi connectivity index (χ1n) is 5.97. The second kappa shape index (κ2) is 5.23. The molecule has 1 aromatic carbocycles. The molecule has 2 nitrogen and oxygen atoms in total. The van der Waals surface area contributed by atoms with Crippen LogP contribution in [0.5, 0.6) is 0 Å². The number of nitrogens with zero attached hydrogens (tertiary/aromatic N) is 1. The number of likely N-dealkylation sites (tertiary alicyclic amines) is 1. The van der Waals surface area contributed by atoms with E-state index in [-0.39, 0.29) is 5.82 Å². The molecule has 0 bridgehead atoms. The first-order valence-corrected chi connectivity index (χ1v) is 6.35. The number of halogens is 2. The summed E-state index contributed by atoms with van der Waals surface area (Å²) in [5, 5.41) is 3.71. The minimum Gasteiger partial charge on any atom is -0.379 e. The molecule has 1 N–H and O–H groups in total. The van der Waals surface area contributed by atoms with E-state index < -0.39 is 0 Å². The Kier molecular flexibility index (Phi) is 3.89. The molecule has 17 heavy (non-hydrogen) atoms. The molecule has 4 heteroatoms. The molecule has 0 unspecified atom stereocenters. The molecule has 0 aliphatic carbocycles. The van der Waals surface area contributed by atoms with Crippen molar-refractivity contribution in [3.05, 3.63) is 28.5 Å². The standard InChI is InChI=1S/C13H18ClFN2/c1-9-7-11(14)13(12(15)8-9)16-10-3-5-17(2)6-4-10/h7-8,10,16H,3-6H2,1-2H3. The highest BCUT2D eigenvalue weighted by atomic mass is 35.5. The van der Waals surface area contributed by atoms with Gasteiger partial charge in [0.05, 0.1) is 10.7 Å². The Balaban J connectivity index is 2.08. The van der Waals surface area contributed by atoms with E-state index in [9.17, 15) is 4.39 Å². The van der Waals surface area contributed by atoms with E-state index in [2.05, 4.69) is 17.3 Å². The van der Waals surface area contributed by atoms with Crippen LogP contribution < -0.4 is 5.32 Å². The molecule has 1 aromatic rings. The van der Waals surface area contributed by atoms with Crippen molar-refractivity contribution in [2.75, 3.05) is 25.5 Å². The van der Waals surface area contributed by atoms with E-state index in [1.54, 1.807) is 6.07 Å². The number of hydrogen-bond acceptors (Lipinski definition) is 2. The number of aryl methyl sites for hydroxylation is 1. The second-order valence-corrected chi connectivity index (χ2v) is 5.23. The number of benzene rings is 1. The first-order chi connectivity index (χ1) is 8.06. The Bertz CT molecular complexity index is 377. The van der Waals surface area contributed by atoms with Gasteiger partial charge in [-0.05, 0) is 57.6 Å². The van der Waals surface area contributed by atoms with Crippen molar-refractivity contribution in [2.24, 2.45) is 0 Å². The van der Waals surface area contributed by atoms with Gasteiger partial charge >= 0.3 is 0 Å². The zero-order valence-corrected chi connectivity index (χ0v) is 11.0. The predicted molar refractivity (Wildman–Crippen MR) is 70.3 cm³/mol. The summed E-state index contributed by atoms with van der Waals surface area (Å²) in [6.07, 6.45) is 2.06. The van der Waals surface area contributed by atoms with Crippen LogP contribution >= 0.6 is 11.6 Å². The third-order valence-corrected chi connectivity index (χ3v) is 3.55. The largest absolute Gasteiger partial charge is 0.379 e. The average molecular weight is 257 g/mol. The van der Waals surface area contributed by atoms with Gasteiger partial charge < -0.3 is 10.2 Å². The summed E-state index contributed by atoms with van der Waals surface area (Å²) in [6.45, 7) is 3.93. The highest BCUT2D eigenvalue weighted by Gasteiger charge is 2.18. The lowest BCUT2D eigenvalue weighted by molar-refractivity contribution is 0.263. The van der Waals surface area contributed by atoms with Crippen LogP contribution in [0.4, 0.5) is 10.1 Å². The van der Waals surface area contributed by atoms with E-state index in [4.69, 9.17) is 11.6 Å². The molecule has 0 aromatic heterocycles. The fourth-order valence-corrected chi connectivity index (χ4v) is 2.51. The maximum Gasteiger partial charge on any atom is 0.148 e. The summed E-state index contributed by atoms with van der Waals surface area (Å²) in [5.74, 6) is -0.256. The first kappa shape index (κ1) is 12.7. The van der Waals surface area contributed by atoms with Gasteiger partial charge in [-0.1, -0.05) is 11.6 Å². The van der Waals surface area contributed by atoms with Crippen molar-refractivity contribution >= 4 is 17.3 Å². The summed E-state index contributed by atoms with van der Waals surface area (Å²) in [5.41, 5.74) is 1.30.